The number of nitrogens with one attached hydrogen (secondary N) is 1. The number of rotatable bonds is 2. The molecule has 0 fully saturated rings. The Morgan fingerprint density at radius 1 is 1.10 bits per heavy atom. The normalized spacial score (nSPS) is 13.4. The first-order valence-electron chi connectivity index (χ1n) is 6.93. The predicted octanol–water partition coefficient (Wildman–Crippen LogP) is 3.71. The fraction of sp³-hybridized carbons (Fsp3) is 0.188. The number of hydrogen-bond acceptors (Lipinski definition) is 1. The predicted molar refractivity (Wildman–Crippen MR) is 86.2 cm³/mol. The molecule has 1 aromatic heterocycles. The van der Waals surface area contributed by atoms with Gasteiger partial charge in [-0.25, -0.2) is 9.13 Å². The van der Waals surface area contributed by atoms with Gasteiger partial charge in [-0.3, -0.25) is 5.32 Å². The maximum atomic E-state index is 6.13. The molecule has 1 aliphatic heterocycles. The van der Waals surface area contributed by atoms with E-state index in [1.807, 2.05) is 18.2 Å². The molecular weight excluding hydrogens is 305 g/mol. The molecule has 1 aliphatic rings. The Bertz CT molecular complexity index is 839. The van der Waals surface area contributed by atoms with Gasteiger partial charge in [0.1, 0.15) is 17.6 Å². The molecular formula is C16H14Cl2N3+. The van der Waals surface area contributed by atoms with Crippen LogP contribution in [0.15, 0.2) is 42.5 Å². The van der Waals surface area contributed by atoms with Crippen LogP contribution < -0.4 is 9.88 Å². The van der Waals surface area contributed by atoms with Crippen LogP contribution in [0.3, 0.4) is 0 Å². The van der Waals surface area contributed by atoms with Crippen molar-refractivity contribution in [3.8, 4) is 0 Å². The van der Waals surface area contributed by atoms with Crippen LogP contribution in [0.1, 0.15) is 5.56 Å². The van der Waals surface area contributed by atoms with E-state index in [0.717, 1.165) is 31.1 Å². The Kier molecular flexibility index (Phi) is 3.05. The zero-order valence-corrected chi connectivity index (χ0v) is 12.8. The summed E-state index contributed by atoms with van der Waals surface area (Å²) in [5, 5.41) is 4.66. The van der Waals surface area contributed by atoms with Crippen molar-refractivity contribution in [1.82, 2.24) is 4.57 Å². The second kappa shape index (κ2) is 4.93. The van der Waals surface area contributed by atoms with Crippen LogP contribution in [0.4, 0.5) is 5.95 Å². The van der Waals surface area contributed by atoms with Gasteiger partial charge in [0.15, 0.2) is 0 Å². The summed E-state index contributed by atoms with van der Waals surface area (Å²) in [6, 6.07) is 14.3. The van der Waals surface area contributed by atoms with Crippen LogP contribution >= 0.6 is 23.2 Å². The first-order valence-corrected chi connectivity index (χ1v) is 7.68. The van der Waals surface area contributed by atoms with Gasteiger partial charge in [-0.15, -0.1) is 0 Å². The molecule has 0 unspecified atom stereocenters. The third-order valence-corrected chi connectivity index (χ3v) is 4.66. The van der Waals surface area contributed by atoms with Crippen molar-refractivity contribution < 1.29 is 4.57 Å². The second-order valence-electron chi connectivity index (χ2n) is 5.23. The zero-order valence-electron chi connectivity index (χ0n) is 11.3. The standard InChI is InChI=1S/C16H13Cl2N3/c17-12-6-5-11(9-13(12)18)10-21-15-4-2-1-3-14(15)20-8-7-19-16(20)21/h1-6,9H,7-8,10H2/p+1. The van der Waals surface area contributed by atoms with Crippen LogP contribution in [-0.4, -0.2) is 11.1 Å². The summed E-state index contributed by atoms with van der Waals surface area (Å²) in [5.41, 5.74) is 3.63. The SMILES string of the molecule is Clc1ccc(Cn2c3[n+](c4ccccc42)CCN3)cc1Cl. The number of aromatic nitrogens is 2. The molecule has 3 aromatic rings. The lowest BCUT2D eigenvalue weighted by Crippen LogP contribution is -2.29. The summed E-state index contributed by atoms with van der Waals surface area (Å²) >= 11 is 12.1. The number of para-hydroxylation sites is 2. The lowest BCUT2D eigenvalue weighted by Gasteiger charge is -2.04. The monoisotopic (exact) mass is 318 g/mol. The van der Waals surface area contributed by atoms with Crippen molar-refractivity contribution >= 4 is 40.2 Å². The van der Waals surface area contributed by atoms with Crippen LogP contribution in [0.5, 0.6) is 0 Å². The molecule has 0 saturated heterocycles. The molecule has 0 atom stereocenters. The van der Waals surface area contributed by atoms with Crippen molar-refractivity contribution in [2.75, 3.05) is 11.9 Å². The average molecular weight is 319 g/mol. The molecule has 3 nitrogen and oxygen atoms in total. The van der Waals surface area contributed by atoms with Gasteiger partial charge in [0, 0.05) is 0 Å². The van der Waals surface area contributed by atoms with E-state index in [0.29, 0.717) is 10.0 Å². The molecule has 0 aliphatic carbocycles. The van der Waals surface area contributed by atoms with E-state index in [2.05, 4.69) is 38.7 Å². The number of nitrogens with zero attached hydrogens (tertiary/aromatic N) is 2. The summed E-state index contributed by atoms with van der Waals surface area (Å²) in [4.78, 5) is 0. The smallest absolute Gasteiger partial charge is 0.274 e. The first-order chi connectivity index (χ1) is 10.2. The van der Waals surface area contributed by atoms with E-state index in [1.54, 1.807) is 0 Å². The lowest BCUT2D eigenvalue weighted by molar-refractivity contribution is -0.644. The Morgan fingerprint density at radius 3 is 2.81 bits per heavy atom. The average Bonchev–Trinajstić information content (AvgIpc) is 3.06. The van der Waals surface area contributed by atoms with E-state index in [4.69, 9.17) is 23.2 Å². The Morgan fingerprint density at radius 2 is 1.95 bits per heavy atom. The molecule has 1 N–H and O–H groups in total. The Hall–Kier alpha value is -1.71. The number of halogens is 2. The van der Waals surface area contributed by atoms with Crippen LogP contribution in [0.25, 0.3) is 11.0 Å². The summed E-state index contributed by atoms with van der Waals surface area (Å²) < 4.78 is 4.62. The summed E-state index contributed by atoms with van der Waals surface area (Å²) in [7, 11) is 0. The van der Waals surface area contributed by atoms with Gasteiger partial charge in [0.25, 0.3) is 0 Å². The molecule has 0 saturated carbocycles. The second-order valence-corrected chi connectivity index (χ2v) is 6.04. The van der Waals surface area contributed by atoms with Gasteiger partial charge in [0.05, 0.1) is 23.1 Å². The third kappa shape index (κ3) is 2.08. The topological polar surface area (TPSA) is 20.8 Å². The van der Waals surface area contributed by atoms with E-state index >= 15 is 0 Å². The van der Waals surface area contributed by atoms with Gasteiger partial charge in [-0.05, 0) is 29.8 Å². The van der Waals surface area contributed by atoms with Crippen LogP contribution in [0, 0.1) is 0 Å². The lowest BCUT2D eigenvalue weighted by atomic mass is 10.2. The Labute approximate surface area is 132 Å². The number of fused-ring (bicyclic) bond motifs is 3. The molecule has 5 heteroatoms. The highest BCUT2D eigenvalue weighted by atomic mass is 35.5. The number of benzene rings is 2. The number of anilines is 1. The number of hydrogen-bond donors (Lipinski definition) is 1. The van der Waals surface area contributed by atoms with E-state index in [1.165, 1.54) is 11.0 Å². The van der Waals surface area contributed by atoms with Gasteiger partial charge < -0.3 is 0 Å². The Balaban J connectivity index is 1.85. The highest BCUT2D eigenvalue weighted by Gasteiger charge is 2.27. The highest BCUT2D eigenvalue weighted by Crippen LogP contribution is 2.26. The number of imidazole rings is 1. The molecule has 0 radical (unpaired) electrons. The molecule has 2 aromatic carbocycles. The molecule has 4 rings (SSSR count). The molecule has 0 amide bonds. The maximum absolute atomic E-state index is 6.13. The summed E-state index contributed by atoms with van der Waals surface area (Å²) in [6.07, 6.45) is 0. The van der Waals surface area contributed by atoms with Crippen molar-refractivity contribution in [2.45, 2.75) is 13.1 Å². The van der Waals surface area contributed by atoms with Gasteiger partial charge in [-0.1, -0.05) is 41.4 Å². The van der Waals surface area contributed by atoms with Gasteiger partial charge in [-0.2, -0.15) is 0 Å². The fourth-order valence-corrected chi connectivity index (χ4v) is 3.29. The largest absolute Gasteiger partial charge is 0.358 e. The van der Waals surface area contributed by atoms with Crippen LogP contribution in [0.2, 0.25) is 10.0 Å². The molecule has 2 heterocycles. The van der Waals surface area contributed by atoms with E-state index < -0.39 is 0 Å². The molecule has 0 spiro atoms. The van der Waals surface area contributed by atoms with Gasteiger partial charge >= 0.3 is 5.95 Å². The molecule has 21 heavy (non-hydrogen) atoms. The van der Waals surface area contributed by atoms with Gasteiger partial charge in [0.2, 0.25) is 0 Å². The summed E-state index contributed by atoms with van der Waals surface area (Å²) in [6.45, 7) is 2.75. The van der Waals surface area contributed by atoms with Crippen molar-refractivity contribution in [1.29, 1.82) is 0 Å². The van der Waals surface area contributed by atoms with Crippen molar-refractivity contribution in [2.24, 2.45) is 0 Å². The molecule has 0 bridgehead atoms. The fourth-order valence-electron chi connectivity index (χ4n) is 2.97. The van der Waals surface area contributed by atoms with E-state index in [-0.39, 0.29) is 0 Å². The quantitative estimate of drug-likeness (QED) is 0.714. The summed E-state index contributed by atoms with van der Waals surface area (Å²) in [5.74, 6) is 1.15. The minimum Gasteiger partial charge on any atom is -0.274 e. The maximum Gasteiger partial charge on any atom is 0.358 e. The minimum atomic E-state index is 0.593. The first kappa shape index (κ1) is 13.0. The van der Waals surface area contributed by atoms with Crippen molar-refractivity contribution in [3.05, 3.63) is 58.1 Å². The minimum absolute atomic E-state index is 0.593. The van der Waals surface area contributed by atoms with Crippen molar-refractivity contribution in [3.63, 3.8) is 0 Å². The zero-order chi connectivity index (χ0) is 14.4. The molecule has 106 valence electrons. The highest BCUT2D eigenvalue weighted by molar-refractivity contribution is 6.42. The van der Waals surface area contributed by atoms with E-state index in [9.17, 15) is 0 Å². The van der Waals surface area contributed by atoms with Crippen LogP contribution in [-0.2, 0) is 13.1 Å². The third-order valence-electron chi connectivity index (χ3n) is 3.92.